The summed E-state index contributed by atoms with van der Waals surface area (Å²) in [6, 6.07) is 25.1. The molecule has 188 valence electrons. The second kappa shape index (κ2) is 9.62. The molecule has 0 aliphatic heterocycles. The van der Waals surface area contributed by atoms with E-state index in [4.69, 9.17) is 9.17 Å². The topological polar surface area (TPSA) is 72.7 Å². The lowest BCUT2D eigenvalue weighted by molar-refractivity contribution is -0.137. The van der Waals surface area contributed by atoms with Crippen LogP contribution >= 0.6 is 0 Å². The van der Waals surface area contributed by atoms with Crippen LogP contribution in [0.15, 0.2) is 108 Å². The Morgan fingerprint density at radius 2 is 1.59 bits per heavy atom. The Bertz CT molecular complexity index is 1650. The number of anilines is 1. The Hall–Kier alpha value is -4.31. The number of alkyl halides is 3. The first-order valence-electron chi connectivity index (χ1n) is 11.2. The molecule has 0 spiro atoms. The highest BCUT2D eigenvalue weighted by atomic mass is 32.2. The molecule has 0 saturated heterocycles. The molecule has 2 aromatic heterocycles. The van der Waals surface area contributed by atoms with Crippen molar-refractivity contribution in [1.82, 2.24) is 9.38 Å². The monoisotopic (exact) mass is 523 g/mol. The number of pyridine rings is 1. The van der Waals surface area contributed by atoms with E-state index in [1.165, 1.54) is 12.1 Å². The lowest BCUT2D eigenvalue weighted by Gasteiger charge is -2.11. The van der Waals surface area contributed by atoms with Gasteiger partial charge in [-0.15, -0.1) is 0 Å². The summed E-state index contributed by atoms with van der Waals surface area (Å²) in [6.07, 6.45) is -2.79. The number of hydrogen-bond donors (Lipinski definition) is 1. The van der Waals surface area contributed by atoms with E-state index in [9.17, 15) is 21.6 Å². The summed E-state index contributed by atoms with van der Waals surface area (Å²) in [5.41, 5.74) is 2.08. The number of nitrogens with zero attached hydrogens (tertiary/aromatic N) is 2. The van der Waals surface area contributed by atoms with E-state index in [1.807, 2.05) is 59.1 Å². The maximum Gasteiger partial charge on any atom is 0.416 e. The third kappa shape index (κ3) is 5.29. The molecule has 5 aromatic rings. The Kier molecular flexibility index (Phi) is 6.34. The van der Waals surface area contributed by atoms with Crippen molar-refractivity contribution in [2.75, 3.05) is 5.32 Å². The van der Waals surface area contributed by atoms with Crippen molar-refractivity contribution < 1.29 is 25.8 Å². The highest BCUT2D eigenvalue weighted by Crippen LogP contribution is 2.33. The summed E-state index contributed by atoms with van der Waals surface area (Å²) in [5.74, 6) is 0.716. The molecule has 0 unspecified atom stereocenters. The van der Waals surface area contributed by atoms with E-state index in [-0.39, 0.29) is 5.75 Å². The van der Waals surface area contributed by atoms with Crippen LogP contribution in [0, 0.1) is 0 Å². The first-order chi connectivity index (χ1) is 17.7. The lowest BCUT2D eigenvalue weighted by atomic mass is 10.1. The van der Waals surface area contributed by atoms with E-state index < -0.39 is 26.8 Å². The van der Waals surface area contributed by atoms with Gasteiger partial charge in [0.25, 0.3) is 0 Å². The predicted octanol–water partition coefficient (Wildman–Crippen LogP) is 6.40. The number of benzene rings is 3. The molecule has 6 nitrogen and oxygen atoms in total. The molecule has 2 heterocycles. The fourth-order valence-corrected chi connectivity index (χ4v) is 4.80. The average Bonchev–Trinajstić information content (AvgIpc) is 3.26. The SMILES string of the molecule is O=S(=O)(Oc1ccc(-c2nc3ccccn3c2NCc2ccccc2)cc1)c1cccc(C(F)(F)F)c1. The van der Waals surface area contributed by atoms with Crippen molar-refractivity contribution in [3.63, 3.8) is 0 Å². The average molecular weight is 524 g/mol. The number of aromatic nitrogens is 2. The van der Waals surface area contributed by atoms with Crippen LogP contribution in [0.25, 0.3) is 16.9 Å². The van der Waals surface area contributed by atoms with Gasteiger partial charge >= 0.3 is 16.3 Å². The summed E-state index contributed by atoms with van der Waals surface area (Å²) in [6.45, 7) is 0.562. The molecule has 3 aromatic carbocycles. The van der Waals surface area contributed by atoms with E-state index >= 15 is 0 Å². The second-order valence-corrected chi connectivity index (χ2v) is 9.71. The summed E-state index contributed by atoms with van der Waals surface area (Å²) >= 11 is 0. The van der Waals surface area contributed by atoms with Crippen molar-refractivity contribution in [2.45, 2.75) is 17.6 Å². The zero-order valence-corrected chi connectivity index (χ0v) is 20.0. The Morgan fingerprint density at radius 3 is 2.32 bits per heavy atom. The number of hydrogen-bond acceptors (Lipinski definition) is 5. The van der Waals surface area contributed by atoms with Crippen LogP contribution < -0.4 is 9.50 Å². The second-order valence-electron chi connectivity index (χ2n) is 8.16. The normalized spacial score (nSPS) is 12.0. The molecule has 0 aliphatic rings. The largest absolute Gasteiger partial charge is 0.416 e. The molecule has 0 atom stereocenters. The van der Waals surface area contributed by atoms with Crippen molar-refractivity contribution >= 4 is 21.6 Å². The molecule has 0 saturated carbocycles. The zero-order chi connectivity index (χ0) is 26.0. The fourth-order valence-electron chi connectivity index (χ4n) is 3.82. The van der Waals surface area contributed by atoms with E-state index in [0.717, 1.165) is 35.2 Å². The zero-order valence-electron chi connectivity index (χ0n) is 19.2. The smallest absolute Gasteiger partial charge is 0.379 e. The molecule has 0 aliphatic carbocycles. The standard InChI is InChI=1S/C27H20F3N3O3S/c28-27(29,30)21-9-6-10-23(17-21)37(34,35)36-22-14-12-20(13-15-22)25-26(31-18-19-7-2-1-3-8-19)33-16-5-4-11-24(33)32-25/h1-17,31H,18H2. The van der Waals surface area contributed by atoms with Crippen molar-refractivity contribution in [3.8, 4) is 17.0 Å². The quantitative estimate of drug-likeness (QED) is 0.250. The van der Waals surface area contributed by atoms with Gasteiger partial charge in [0, 0.05) is 18.3 Å². The van der Waals surface area contributed by atoms with Crippen LogP contribution in [0.3, 0.4) is 0 Å². The Morgan fingerprint density at radius 1 is 0.865 bits per heavy atom. The predicted molar refractivity (Wildman–Crippen MR) is 134 cm³/mol. The van der Waals surface area contributed by atoms with Gasteiger partial charge in [0.2, 0.25) is 0 Å². The first-order valence-corrected chi connectivity index (χ1v) is 12.6. The Labute approximate surface area is 211 Å². The van der Waals surface area contributed by atoms with Crippen LogP contribution in [0.1, 0.15) is 11.1 Å². The number of fused-ring (bicyclic) bond motifs is 1. The number of rotatable bonds is 7. The lowest BCUT2D eigenvalue weighted by Crippen LogP contribution is -2.12. The molecule has 0 amide bonds. The molecule has 0 radical (unpaired) electrons. The first kappa shape index (κ1) is 24.4. The fraction of sp³-hybridized carbons (Fsp3) is 0.0741. The van der Waals surface area contributed by atoms with Crippen molar-refractivity contribution in [2.24, 2.45) is 0 Å². The number of imidazole rings is 1. The number of halogens is 3. The maximum atomic E-state index is 13.0. The van der Waals surface area contributed by atoms with E-state index in [1.54, 1.807) is 12.1 Å². The van der Waals surface area contributed by atoms with Gasteiger partial charge in [-0.1, -0.05) is 42.5 Å². The van der Waals surface area contributed by atoms with Gasteiger partial charge in [-0.3, -0.25) is 4.40 Å². The van der Waals surface area contributed by atoms with Crippen molar-refractivity contribution in [1.29, 1.82) is 0 Å². The molecule has 5 rings (SSSR count). The van der Waals surface area contributed by atoms with Gasteiger partial charge in [0.05, 0.1) is 5.56 Å². The minimum Gasteiger partial charge on any atom is -0.379 e. The van der Waals surface area contributed by atoms with E-state index in [2.05, 4.69) is 5.32 Å². The molecular weight excluding hydrogens is 503 g/mol. The maximum absolute atomic E-state index is 13.0. The highest BCUT2D eigenvalue weighted by Gasteiger charge is 2.32. The van der Waals surface area contributed by atoms with Crippen molar-refractivity contribution in [3.05, 3.63) is 114 Å². The summed E-state index contributed by atoms with van der Waals surface area (Å²) in [4.78, 5) is 4.13. The summed E-state index contributed by atoms with van der Waals surface area (Å²) in [7, 11) is -4.47. The third-order valence-electron chi connectivity index (χ3n) is 5.62. The van der Waals surface area contributed by atoms with Crippen LogP contribution in [-0.4, -0.2) is 17.8 Å². The van der Waals surface area contributed by atoms with Crippen LogP contribution in [0.4, 0.5) is 19.0 Å². The van der Waals surface area contributed by atoms with E-state index in [0.29, 0.717) is 23.9 Å². The van der Waals surface area contributed by atoms with Gasteiger partial charge in [-0.05, 0) is 60.2 Å². The van der Waals surface area contributed by atoms with Gasteiger partial charge in [0.15, 0.2) is 0 Å². The summed E-state index contributed by atoms with van der Waals surface area (Å²) in [5, 5.41) is 3.42. The van der Waals surface area contributed by atoms with Gasteiger partial charge in [-0.25, -0.2) is 4.98 Å². The molecule has 37 heavy (non-hydrogen) atoms. The molecule has 0 fully saturated rings. The van der Waals surface area contributed by atoms with Gasteiger partial charge < -0.3 is 9.50 Å². The highest BCUT2D eigenvalue weighted by molar-refractivity contribution is 7.87. The molecule has 1 N–H and O–H groups in total. The van der Waals surface area contributed by atoms with Crippen LogP contribution in [0.2, 0.25) is 0 Å². The van der Waals surface area contributed by atoms with Crippen LogP contribution in [0.5, 0.6) is 5.75 Å². The minimum atomic E-state index is -4.67. The van der Waals surface area contributed by atoms with Gasteiger partial charge in [0.1, 0.15) is 27.8 Å². The molecule has 0 bridgehead atoms. The Balaban J connectivity index is 1.42. The summed E-state index contributed by atoms with van der Waals surface area (Å²) < 4.78 is 71.2. The van der Waals surface area contributed by atoms with Crippen LogP contribution in [-0.2, 0) is 22.8 Å². The molecular formula is C27H20F3N3O3S. The van der Waals surface area contributed by atoms with Gasteiger partial charge in [-0.2, -0.15) is 21.6 Å². The molecule has 10 heteroatoms. The number of nitrogens with one attached hydrogen (secondary N) is 1. The third-order valence-corrected chi connectivity index (χ3v) is 6.86. The minimum absolute atomic E-state index is 0.0382.